The minimum atomic E-state index is -2.28. The van der Waals surface area contributed by atoms with E-state index in [1.165, 1.54) is 0 Å². The fraction of sp³-hybridized carbons (Fsp3) is 0.579. The Morgan fingerprint density at radius 2 is 1.29 bits per heavy atom. The molecule has 0 heterocycles. The third-order valence-corrected chi connectivity index (χ3v) is 4.77. The first-order valence-electron chi connectivity index (χ1n) is 9.13. The van der Waals surface area contributed by atoms with Crippen LogP contribution in [0.2, 0.25) is 0 Å². The van der Waals surface area contributed by atoms with Crippen molar-refractivity contribution >= 4 is 11.9 Å². The summed E-state index contributed by atoms with van der Waals surface area (Å²) in [5, 5.41) is 0. The Kier molecular flexibility index (Phi) is 7.77. The predicted octanol–water partition coefficient (Wildman–Crippen LogP) is 4.58. The van der Waals surface area contributed by atoms with Crippen molar-refractivity contribution in [1.82, 2.24) is 0 Å². The Morgan fingerprint density at radius 1 is 0.821 bits per heavy atom. The van der Waals surface area contributed by atoms with Crippen LogP contribution in [0.15, 0.2) is 0 Å². The van der Waals surface area contributed by atoms with Gasteiger partial charge in [0.15, 0.2) is 23.3 Å². The van der Waals surface area contributed by atoms with E-state index in [1.54, 1.807) is 0 Å². The maximum absolute atomic E-state index is 13.7. The third-order valence-electron chi connectivity index (χ3n) is 4.77. The molecule has 1 aromatic carbocycles. The van der Waals surface area contributed by atoms with Gasteiger partial charge in [-0.15, -0.1) is 0 Å². The quantitative estimate of drug-likeness (QED) is 0.218. The summed E-state index contributed by atoms with van der Waals surface area (Å²) < 4.78 is 76.9. The van der Waals surface area contributed by atoms with E-state index in [0.29, 0.717) is 32.1 Å². The molecule has 9 heteroatoms. The second-order valence-corrected chi connectivity index (χ2v) is 6.67. The normalized spacial score (nSPS) is 19.4. The van der Waals surface area contributed by atoms with Crippen LogP contribution in [-0.2, 0) is 25.7 Å². The molecule has 0 saturated heterocycles. The molecule has 4 nitrogen and oxygen atoms in total. The van der Waals surface area contributed by atoms with Crippen LogP contribution < -0.4 is 0 Å². The average molecular weight is 408 g/mol. The van der Waals surface area contributed by atoms with E-state index in [1.807, 2.05) is 6.92 Å². The maximum Gasteiger partial charge on any atom is 0.310 e. The topological polar surface area (TPSA) is 52.6 Å². The molecule has 2 rings (SSSR count). The maximum atomic E-state index is 13.7. The number of ether oxygens (including phenoxy) is 2. The molecule has 1 aliphatic carbocycles. The van der Waals surface area contributed by atoms with Crippen molar-refractivity contribution in [3.8, 4) is 0 Å². The zero-order chi connectivity index (χ0) is 20.8. The molecule has 156 valence electrons. The summed E-state index contributed by atoms with van der Waals surface area (Å²) in [4.78, 5) is 24.5. The van der Waals surface area contributed by atoms with Crippen molar-refractivity contribution in [1.29, 1.82) is 0 Å². The molecule has 0 bridgehead atoms. The second kappa shape index (κ2) is 9.84. The van der Waals surface area contributed by atoms with Gasteiger partial charge in [0, 0.05) is 0 Å². The monoisotopic (exact) mass is 408 g/mol. The molecule has 1 saturated carbocycles. The minimum absolute atomic E-state index is 0.220. The van der Waals surface area contributed by atoms with Crippen LogP contribution in [0.3, 0.4) is 0 Å². The van der Waals surface area contributed by atoms with Crippen molar-refractivity contribution in [2.24, 2.45) is 11.8 Å². The lowest BCUT2D eigenvalue weighted by molar-refractivity contribution is -0.163. The molecule has 0 spiro atoms. The van der Waals surface area contributed by atoms with Crippen LogP contribution in [0.4, 0.5) is 22.0 Å². The Balaban J connectivity index is 2.08. The van der Waals surface area contributed by atoms with Gasteiger partial charge in [0.25, 0.3) is 0 Å². The Hall–Kier alpha value is -2.19. The molecule has 0 amide bonds. The first-order chi connectivity index (χ1) is 13.3. The third kappa shape index (κ3) is 4.80. The van der Waals surface area contributed by atoms with Gasteiger partial charge in [0.05, 0.1) is 24.0 Å². The molecule has 0 aliphatic heterocycles. The lowest BCUT2D eigenvalue weighted by atomic mass is 9.79. The highest BCUT2D eigenvalue weighted by molar-refractivity contribution is 5.82. The fourth-order valence-electron chi connectivity index (χ4n) is 3.15. The van der Waals surface area contributed by atoms with E-state index in [9.17, 15) is 31.5 Å². The molecule has 0 radical (unpaired) electrons. The largest absolute Gasteiger partial charge is 0.465 e. The Labute approximate surface area is 159 Å². The van der Waals surface area contributed by atoms with Gasteiger partial charge in [0.1, 0.15) is 6.61 Å². The lowest BCUT2D eigenvalue weighted by Gasteiger charge is -2.28. The molecule has 1 aliphatic rings. The highest BCUT2D eigenvalue weighted by Gasteiger charge is 2.38. The number of esters is 2. The number of carbonyl (C=O) groups is 2. The predicted molar refractivity (Wildman–Crippen MR) is 87.3 cm³/mol. The summed E-state index contributed by atoms with van der Waals surface area (Å²) in [7, 11) is 0. The highest BCUT2D eigenvalue weighted by atomic mass is 19.2. The molecule has 1 aromatic rings. The summed E-state index contributed by atoms with van der Waals surface area (Å²) in [5.74, 6) is -13.7. The van der Waals surface area contributed by atoms with Gasteiger partial charge in [-0.1, -0.05) is 26.2 Å². The van der Waals surface area contributed by atoms with Crippen molar-refractivity contribution in [3.63, 3.8) is 0 Å². The van der Waals surface area contributed by atoms with Crippen LogP contribution in [-0.4, -0.2) is 18.5 Å². The van der Waals surface area contributed by atoms with Gasteiger partial charge in [-0.25, -0.2) is 22.0 Å². The Morgan fingerprint density at radius 3 is 1.79 bits per heavy atom. The number of halogens is 5. The average Bonchev–Trinajstić information content (AvgIpc) is 2.70. The molecular weight excluding hydrogens is 387 g/mol. The van der Waals surface area contributed by atoms with E-state index in [0.717, 1.165) is 6.42 Å². The summed E-state index contributed by atoms with van der Waals surface area (Å²) in [5.41, 5.74) is -1.23. The van der Waals surface area contributed by atoms with Crippen molar-refractivity contribution < 1.29 is 41.0 Å². The van der Waals surface area contributed by atoms with Gasteiger partial charge in [-0.2, -0.15) is 0 Å². The second-order valence-electron chi connectivity index (χ2n) is 6.67. The van der Waals surface area contributed by atoms with Crippen molar-refractivity contribution in [3.05, 3.63) is 34.6 Å². The molecule has 2 unspecified atom stereocenters. The van der Waals surface area contributed by atoms with E-state index in [-0.39, 0.29) is 6.61 Å². The van der Waals surface area contributed by atoms with E-state index in [2.05, 4.69) is 0 Å². The SMILES string of the molecule is CCCCOC(=O)C1CCCCC1C(=O)OCc1c(F)c(F)c(F)c(F)c1F. The number of rotatable bonds is 7. The highest BCUT2D eigenvalue weighted by Crippen LogP contribution is 2.33. The number of hydrogen-bond acceptors (Lipinski definition) is 4. The first-order valence-corrected chi connectivity index (χ1v) is 9.13. The molecular formula is C19H21F5O4. The zero-order valence-corrected chi connectivity index (χ0v) is 15.3. The van der Waals surface area contributed by atoms with Crippen LogP contribution >= 0.6 is 0 Å². The zero-order valence-electron chi connectivity index (χ0n) is 15.3. The van der Waals surface area contributed by atoms with E-state index < -0.39 is 65.0 Å². The standard InChI is InChI=1S/C19H21F5O4/c1-2-3-8-27-18(25)10-6-4-5-7-11(10)19(26)28-9-12-13(20)15(22)17(24)16(23)14(12)21/h10-11H,2-9H2,1H3. The van der Waals surface area contributed by atoms with Crippen LogP contribution in [0.1, 0.15) is 51.0 Å². The molecule has 1 fully saturated rings. The Bertz CT molecular complexity index is 709. The van der Waals surface area contributed by atoms with Gasteiger partial charge in [-0.3, -0.25) is 9.59 Å². The van der Waals surface area contributed by atoms with E-state index >= 15 is 0 Å². The fourth-order valence-corrected chi connectivity index (χ4v) is 3.15. The molecule has 28 heavy (non-hydrogen) atoms. The summed E-state index contributed by atoms with van der Waals surface area (Å²) >= 11 is 0. The number of hydrogen-bond donors (Lipinski definition) is 0. The van der Waals surface area contributed by atoms with Crippen molar-refractivity contribution in [2.45, 2.75) is 52.1 Å². The minimum Gasteiger partial charge on any atom is -0.465 e. The van der Waals surface area contributed by atoms with Gasteiger partial charge >= 0.3 is 11.9 Å². The van der Waals surface area contributed by atoms with Gasteiger partial charge in [0.2, 0.25) is 5.82 Å². The smallest absolute Gasteiger partial charge is 0.310 e. The van der Waals surface area contributed by atoms with Crippen LogP contribution in [0.25, 0.3) is 0 Å². The van der Waals surface area contributed by atoms with Crippen LogP contribution in [0, 0.1) is 40.9 Å². The molecule has 0 N–H and O–H groups in total. The van der Waals surface area contributed by atoms with Crippen LogP contribution in [0.5, 0.6) is 0 Å². The summed E-state index contributed by atoms with van der Waals surface area (Å²) in [6.07, 6.45) is 3.55. The number of benzene rings is 1. The molecule has 2 atom stereocenters. The first kappa shape index (κ1) is 22.1. The lowest BCUT2D eigenvalue weighted by Crippen LogP contribution is -2.35. The van der Waals surface area contributed by atoms with Gasteiger partial charge in [-0.05, 0) is 19.3 Å². The van der Waals surface area contributed by atoms with Gasteiger partial charge < -0.3 is 9.47 Å². The number of carbonyl (C=O) groups excluding carboxylic acids is 2. The summed E-state index contributed by atoms with van der Waals surface area (Å²) in [6.45, 7) is 1.02. The van der Waals surface area contributed by atoms with Crippen molar-refractivity contribution in [2.75, 3.05) is 6.61 Å². The van der Waals surface area contributed by atoms with E-state index in [4.69, 9.17) is 9.47 Å². The molecule has 0 aromatic heterocycles. The summed E-state index contributed by atoms with van der Waals surface area (Å²) in [6, 6.07) is 0. The number of unbranched alkanes of at least 4 members (excludes halogenated alkanes) is 1.